The lowest BCUT2D eigenvalue weighted by atomic mass is 10.3. The number of hydrogen-bond acceptors (Lipinski definition) is 10. The molecule has 0 radical (unpaired) electrons. The molecule has 21 heavy (non-hydrogen) atoms. The van der Waals surface area contributed by atoms with Gasteiger partial charge in [-0.2, -0.15) is 0 Å². The summed E-state index contributed by atoms with van der Waals surface area (Å²) in [5.74, 6) is 0.255. The molecule has 0 atom stereocenters. The van der Waals surface area contributed by atoms with Crippen molar-refractivity contribution in [3.05, 3.63) is 0 Å². The first-order valence-corrected chi connectivity index (χ1v) is 4.30. The van der Waals surface area contributed by atoms with E-state index >= 15 is 0 Å². The van der Waals surface area contributed by atoms with Crippen molar-refractivity contribution in [2.24, 2.45) is 0 Å². The van der Waals surface area contributed by atoms with Crippen LogP contribution in [0.2, 0.25) is 0 Å². The van der Waals surface area contributed by atoms with Gasteiger partial charge in [0.1, 0.15) is 0 Å². The number of methoxy groups -OCH3 is 1. The average Bonchev–Trinajstić information content (AvgIpc) is 2.13. The molecule has 0 saturated carbocycles. The highest BCUT2D eigenvalue weighted by Crippen LogP contribution is 1.62. The van der Waals surface area contributed by atoms with Gasteiger partial charge in [-0.05, 0) is 0 Å². The van der Waals surface area contributed by atoms with E-state index in [0.717, 1.165) is 0 Å². The molecule has 9 N–H and O–H groups in total. The smallest absolute Gasteiger partial charge is 0.485 e. The first kappa shape index (κ1) is 32.2. The fourth-order valence-corrected chi connectivity index (χ4v) is 0. The number of hydrogen-bond donors (Lipinski definition) is 9. The van der Waals surface area contributed by atoms with Crippen molar-refractivity contribution < 1.29 is 62.2 Å². The van der Waals surface area contributed by atoms with Crippen molar-refractivity contribution in [3.63, 3.8) is 0 Å². The highest BCUT2D eigenvalue weighted by Gasteiger charge is 1.98. The fraction of sp³-hybridized carbons (Fsp3) is 0.667. The minimum absolute atomic E-state index is 0.255. The molecule has 0 saturated heterocycles. The highest BCUT2D eigenvalue weighted by molar-refractivity contribution is 6.32. The number of ether oxygens (including phenoxy) is 1. The second kappa shape index (κ2) is 27.5. The summed E-state index contributed by atoms with van der Waals surface area (Å²) in [7, 11) is -9.19. The van der Waals surface area contributed by atoms with Crippen LogP contribution >= 0.6 is 0 Å². The van der Waals surface area contributed by atoms with Gasteiger partial charge in [-0.15, -0.1) is 0 Å². The summed E-state index contributed by atoms with van der Waals surface area (Å²) < 4.78 is 44.8. The summed E-state index contributed by atoms with van der Waals surface area (Å²) in [4.78, 5) is 0. The van der Waals surface area contributed by atoms with Crippen LogP contribution in [0.1, 0.15) is 6.92 Å². The van der Waals surface area contributed by atoms with Crippen molar-refractivity contribution in [1.82, 2.24) is 0 Å². The van der Waals surface area contributed by atoms with Gasteiger partial charge in [0, 0.05) is 6.92 Å². The second-order valence-electron chi connectivity index (χ2n) is 2.00. The maximum Gasteiger partial charge on any atom is 0.674 e. The molecule has 0 rings (SSSR count). The first-order valence-electron chi connectivity index (χ1n) is 4.30. The maximum atomic E-state index is 10.1. The van der Waals surface area contributed by atoms with Crippen molar-refractivity contribution in [2.75, 3.05) is 7.11 Å². The Balaban J connectivity index is -0.0000000510. The van der Waals surface area contributed by atoms with Gasteiger partial charge in [-0.25, -0.2) is 0 Å². The summed E-state index contributed by atoms with van der Waals surface area (Å²) in [6.45, 7) is 1.58. The summed E-state index contributed by atoms with van der Waals surface area (Å²) in [6.07, 6.45) is 0. The molecule has 0 aromatic rings. The molecule has 0 aromatic carbocycles. The Morgan fingerprint density at radius 1 is 0.714 bits per heavy atom. The predicted octanol–water partition coefficient (Wildman–Crippen LogP) is -3.67. The van der Waals surface area contributed by atoms with Crippen LogP contribution in [0.5, 0.6) is 0 Å². The number of rotatable bonds is 0. The van der Waals surface area contributed by atoms with E-state index in [-0.39, 0.29) is 5.90 Å². The van der Waals surface area contributed by atoms with E-state index in [1.54, 1.807) is 6.92 Å². The topological polar surface area (TPSA) is 195 Å². The van der Waals surface area contributed by atoms with Crippen LogP contribution in [-0.2, 0) is 4.74 Å². The van der Waals surface area contributed by atoms with Gasteiger partial charge in [0.15, 0.2) is 5.90 Å². The van der Waals surface area contributed by atoms with Gasteiger partial charge in [0.05, 0.1) is 7.11 Å². The third-order valence-corrected chi connectivity index (χ3v) is 0.306. The summed E-state index contributed by atoms with van der Waals surface area (Å²) in [5, 5.41) is 62.1. The van der Waals surface area contributed by atoms with Gasteiger partial charge in [-0.3, -0.25) is 22.7 Å². The Labute approximate surface area is 118 Å². The lowest BCUT2D eigenvalue weighted by Crippen LogP contribution is -1.98. The van der Waals surface area contributed by atoms with Crippen LogP contribution in [0, 0.1) is 5.41 Å². The zero-order valence-corrected chi connectivity index (χ0v) is 10.8. The molecule has 0 aliphatic rings. The Bertz CT molecular complexity index is 157. The predicted molar refractivity (Wildman–Crippen MR) is 65.6 cm³/mol. The minimum atomic E-state index is -2.67. The molecule has 0 aliphatic carbocycles. The largest absolute Gasteiger partial charge is 0.674 e. The van der Waals surface area contributed by atoms with Crippen LogP contribution in [0.15, 0.2) is 0 Å². The molecule has 10 nitrogen and oxygen atoms in total. The number of nitrogens with one attached hydrogen (secondary N) is 1. The molecule has 0 unspecified atom stereocenters. The van der Waals surface area contributed by atoms with E-state index in [4.69, 9.17) is 45.6 Å². The zero-order valence-electron chi connectivity index (χ0n) is 10.8. The molecule has 18 heteroatoms. The van der Waals surface area contributed by atoms with Crippen LogP contribution in [0.25, 0.3) is 0 Å². The first-order chi connectivity index (χ1) is 9.20. The van der Waals surface area contributed by atoms with Gasteiger partial charge in [0.25, 0.3) is 0 Å². The highest BCUT2D eigenvalue weighted by atomic mass is 19.1. The van der Waals surface area contributed by atoms with E-state index in [2.05, 4.69) is 4.74 Å². The van der Waals surface area contributed by atoms with Gasteiger partial charge in [0.2, 0.25) is 0 Å². The van der Waals surface area contributed by atoms with E-state index in [0.29, 0.717) is 0 Å². The monoisotopic (exact) mass is 329 g/mol. The quantitative estimate of drug-likeness (QED) is 0.0931. The molecule has 0 spiro atoms. The molecular weight excluding hydrogens is 313 g/mol. The van der Waals surface area contributed by atoms with Crippen LogP contribution in [-0.4, -0.2) is 82.8 Å². The van der Waals surface area contributed by atoms with Crippen molar-refractivity contribution >= 4 is 35.5 Å². The minimum Gasteiger partial charge on any atom is -0.485 e. The lowest BCUT2D eigenvalue weighted by Gasteiger charge is -1.85. The average molecular weight is 328 g/mol. The zero-order chi connectivity index (χ0) is 18.6. The van der Waals surface area contributed by atoms with Crippen LogP contribution in [0.3, 0.4) is 0 Å². The summed E-state index contributed by atoms with van der Waals surface area (Å²) in [6, 6.07) is 0. The van der Waals surface area contributed by atoms with E-state index in [9.17, 15) is 17.3 Å². The summed E-state index contributed by atoms with van der Waals surface area (Å²) in [5.41, 5.74) is 0. The van der Waals surface area contributed by atoms with Crippen molar-refractivity contribution in [2.45, 2.75) is 6.92 Å². The molecule has 0 heterocycles. The lowest BCUT2D eigenvalue weighted by molar-refractivity contribution is 0.338. The van der Waals surface area contributed by atoms with E-state index in [1.807, 2.05) is 0 Å². The molecule has 126 valence electrons. The van der Waals surface area contributed by atoms with Crippen molar-refractivity contribution in [1.29, 1.82) is 5.41 Å². The Morgan fingerprint density at radius 2 is 0.762 bits per heavy atom. The molecule has 0 fully saturated rings. The molecule has 0 aromatic heterocycles. The Morgan fingerprint density at radius 3 is 0.762 bits per heavy atom. The van der Waals surface area contributed by atoms with Crippen LogP contribution in [0.4, 0.5) is 17.3 Å². The second-order valence-corrected chi connectivity index (χ2v) is 2.00. The molecule has 0 bridgehead atoms. The van der Waals surface area contributed by atoms with Gasteiger partial charge in [-0.1, -0.05) is 0 Å². The molecule has 0 amide bonds. The summed E-state index contributed by atoms with van der Waals surface area (Å²) >= 11 is 0. The third kappa shape index (κ3) is 4400. The maximum absolute atomic E-state index is 10.1. The van der Waals surface area contributed by atoms with Gasteiger partial charge < -0.3 is 44.9 Å². The van der Waals surface area contributed by atoms with E-state index in [1.165, 1.54) is 7.11 Å². The number of halogens is 4. The SMILES string of the molecule is COC(C)=N.OB(O)F.OB(O)F.OB(O)F.OB(O)F. The fourth-order valence-electron chi connectivity index (χ4n) is 0. The molecular formula is C3H15B4F4NO9. The van der Waals surface area contributed by atoms with Crippen LogP contribution < -0.4 is 0 Å². The molecule has 0 aliphatic heterocycles. The Hall–Kier alpha value is -0.870. The van der Waals surface area contributed by atoms with E-state index < -0.39 is 29.6 Å². The van der Waals surface area contributed by atoms with Gasteiger partial charge >= 0.3 is 29.6 Å². The third-order valence-electron chi connectivity index (χ3n) is 0.306. The van der Waals surface area contributed by atoms with Crippen molar-refractivity contribution in [3.8, 4) is 0 Å². The normalized spacial score (nSPS) is 6.76. The Kier molecular flexibility index (Phi) is 42.1. The standard InChI is InChI=1S/C3H7NO.4BFH2O2/c1-3(4)5-2;4*2-1(3)4/h4H,1-2H3;4*3-4H.